The molecule has 1 aromatic carbocycles. The van der Waals surface area contributed by atoms with E-state index in [2.05, 4.69) is 25.8 Å². The number of rotatable bonds is 5. The van der Waals surface area contributed by atoms with Gasteiger partial charge in [0.05, 0.1) is 0 Å². The van der Waals surface area contributed by atoms with E-state index >= 15 is 0 Å². The smallest absolute Gasteiger partial charge is 0.320 e. The standard InChI is InChI=1S/C18H20N6O/c1-13(2)24-12-20-23-17(24)15-9-6-10-16(21-15)22-18(25)19-11-14-7-4-3-5-8-14/h3-10,12-13H,11H2,1-2H3,(H2,19,21,22,25). The second-order valence-electron chi connectivity index (χ2n) is 5.86. The molecule has 2 amide bonds. The van der Waals surface area contributed by atoms with E-state index in [0.29, 0.717) is 23.9 Å². The Morgan fingerprint density at radius 2 is 1.92 bits per heavy atom. The number of pyridine rings is 1. The third-order valence-corrected chi connectivity index (χ3v) is 3.65. The zero-order chi connectivity index (χ0) is 17.6. The molecule has 2 heterocycles. The number of amides is 2. The molecule has 0 spiro atoms. The van der Waals surface area contributed by atoms with Crippen LogP contribution in [0.1, 0.15) is 25.5 Å². The monoisotopic (exact) mass is 336 g/mol. The molecule has 0 aliphatic carbocycles. The minimum Gasteiger partial charge on any atom is -0.334 e. The molecule has 0 radical (unpaired) electrons. The van der Waals surface area contributed by atoms with Crippen molar-refractivity contribution in [3.05, 3.63) is 60.4 Å². The van der Waals surface area contributed by atoms with Crippen molar-refractivity contribution in [3.8, 4) is 11.5 Å². The van der Waals surface area contributed by atoms with E-state index in [1.807, 2.05) is 60.9 Å². The molecular formula is C18H20N6O. The van der Waals surface area contributed by atoms with E-state index in [1.54, 1.807) is 12.4 Å². The van der Waals surface area contributed by atoms with E-state index in [4.69, 9.17) is 0 Å². The predicted molar refractivity (Wildman–Crippen MR) is 95.9 cm³/mol. The highest BCUT2D eigenvalue weighted by Gasteiger charge is 2.12. The molecule has 25 heavy (non-hydrogen) atoms. The highest BCUT2D eigenvalue weighted by atomic mass is 16.2. The molecule has 0 saturated heterocycles. The van der Waals surface area contributed by atoms with Gasteiger partial charge in [-0.2, -0.15) is 0 Å². The fourth-order valence-electron chi connectivity index (χ4n) is 2.37. The highest BCUT2D eigenvalue weighted by Crippen LogP contribution is 2.19. The molecule has 3 aromatic rings. The number of anilines is 1. The number of nitrogens with one attached hydrogen (secondary N) is 2. The Kier molecular flexibility index (Phi) is 5.03. The molecule has 2 aromatic heterocycles. The maximum atomic E-state index is 12.1. The summed E-state index contributed by atoms with van der Waals surface area (Å²) < 4.78 is 1.93. The molecule has 0 aliphatic rings. The number of urea groups is 1. The second-order valence-corrected chi connectivity index (χ2v) is 5.86. The van der Waals surface area contributed by atoms with Gasteiger partial charge < -0.3 is 9.88 Å². The SMILES string of the molecule is CC(C)n1cnnc1-c1cccc(NC(=O)NCc2ccccc2)n1. The van der Waals surface area contributed by atoms with Crippen molar-refractivity contribution in [3.63, 3.8) is 0 Å². The molecule has 2 N–H and O–H groups in total. The fraction of sp³-hybridized carbons (Fsp3) is 0.222. The molecule has 7 heteroatoms. The van der Waals surface area contributed by atoms with Crippen LogP contribution >= 0.6 is 0 Å². The Labute approximate surface area is 146 Å². The first-order chi connectivity index (χ1) is 12.1. The fourth-order valence-corrected chi connectivity index (χ4v) is 2.37. The first kappa shape index (κ1) is 16.6. The van der Waals surface area contributed by atoms with Gasteiger partial charge in [-0.1, -0.05) is 36.4 Å². The molecule has 0 aliphatic heterocycles. The van der Waals surface area contributed by atoms with Crippen LogP contribution in [0, 0.1) is 0 Å². The third kappa shape index (κ3) is 4.20. The van der Waals surface area contributed by atoms with Crippen LogP contribution < -0.4 is 10.6 Å². The van der Waals surface area contributed by atoms with Crippen molar-refractivity contribution in [2.24, 2.45) is 0 Å². The maximum absolute atomic E-state index is 12.1. The number of carbonyl (C=O) groups is 1. The summed E-state index contributed by atoms with van der Waals surface area (Å²) in [7, 11) is 0. The predicted octanol–water partition coefficient (Wildman–Crippen LogP) is 3.24. The zero-order valence-corrected chi connectivity index (χ0v) is 14.2. The summed E-state index contributed by atoms with van der Waals surface area (Å²) in [5, 5.41) is 13.6. The number of nitrogens with zero attached hydrogens (tertiary/aromatic N) is 4. The highest BCUT2D eigenvalue weighted by molar-refractivity contribution is 5.88. The van der Waals surface area contributed by atoms with Gasteiger partial charge in [0.2, 0.25) is 0 Å². The molecule has 3 rings (SSSR count). The van der Waals surface area contributed by atoms with Crippen LogP contribution in [0.15, 0.2) is 54.9 Å². The largest absolute Gasteiger partial charge is 0.334 e. The number of carbonyl (C=O) groups excluding carboxylic acids is 1. The van der Waals surface area contributed by atoms with Gasteiger partial charge in [-0.15, -0.1) is 10.2 Å². The molecule has 128 valence electrons. The molecule has 7 nitrogen and oxygen atoms in total. The summed E-state index contributed by atoms with van der Waals surface area (Å²) in [5.41, 5.74) is 1.69. The maximum Gasteiger partial charge on any atom is 0.320 e. The number of aromatic nitrogens is 4. The summed E-state index contributed by atoms with van der Waals surface area (Å²) in [6.07, 6.45) is 1.67. The van der Waals surface area contributed by atoms with Crippen LogP contribution in [0.5, 0.6) is 0 Å². The van der Waals surface area contributed by atoms with Crippen molar-refractivity contribution in [2.45, 2.75) is 26.4 Å². The van der Waals surface area contributed by atoms with Gasteiger partial charge in [0.25, 0.3) is 0 Å². The number of benzene rings is 1. The van der Waals surface area contributed by atoms with Crippen LogP contribution in [0.3, 0.4) is 0 Å². The molecule has 0 bridgehead atoms. The van der Waals surface area contributed by atoms with Crippen molar-refractivity contribution in [1.82, 2.24) is 25.1 Å². The minimum atomic E-state index is -0.307. The average Bonchev–Trinajstić information content (AvgIpc) is 3.11. The van der Waals surface area contributed by atoms with E-state index in [9.17, 15) is 4.79 Å². The molecule has 0 fully saturated rings. The van der Waals surface area contributed by atoms with Crippen LogP contribution in [0.25, 0.3) is 11.5 Å². The summed E-state index contributed by atoms with van der Waals surface area (Å²) in [6, 6.07) is 15.0. The van der Waals surface area contributed by atoms with E-state index in [0.717, 1.165) is 5.56 Å². The normalized spacial score (nSPS) is 10.7. The van der Waals surface area contributed by atoms with E-state index < -0.39 is 0 Å². The first-order valence-electron chi connectivity index (χ1n) is 8.09. The Bertz CT molecular complexity index is 844. The Morgan fingerprint density at radius 3 is 2.68 bits per heavy atom. The molecular weight excluding hydrogens is 316 g/mol. The zero-order valence-electron chi connectivity index (χ0n) is 14.2. The second kappa shape index (κ2) is 7.57. The van der Waals surface area contributed by atoms with Crippen LogP contribution in [0.2, 0.25) is 0 Å². The minimum absolute atomic E-state index is 0.220. The van der Waals surface area contributed by atoms with Crippen molar-refractivity contribution >= 4 is 11.8 Å². The Balaban J connectivity index is 1.67. The molecule has 0 unspecified atom stereocenters. The molecule has 0 atom stereocenters. The summed E-state index contributed by atoms with van der Waals surface area (Å²) in [5.74, 6) is 1.13. The van der Waals surface area contributed by atoms with Gasteiger partial charge in [0.15, 0.2) is 5.82 Å². The molecule has 0 saturated carbocycles. The number of hydrogen-bond acceptors (Lipinski definition) is 4. The van der Waals surface area contributed by atoms with Gasteiger partial charge in [-0.25, -0.2) is 9.78 Å². The summed E-state index contributed by atoms with van der Waals surface area (Å²) in [6.45, 7) is 4.55. The van der Waals surface area contributed by atoms with Gasteiger partial charge in [0, 0.05) is 12.6 Å². The van der Waals surface area contributed by atoms with Gasteiger partial charge in [0.1, 0.15) is 17.8 Å². The van der Waals surface area contributed by atoms with E-state index in [-0.39, 0.29) is 12.1 Å². The quantitative estimate of drug-likeness (QED) is 0.749. The topological polar surface area (TPSA) is 84.7 Å². The van der Waals surface area contributed by atoms with Crippen LogP contribution in [-0.4, -0.2) is 25.8 Å². The lowest BCUT2D eigenvalue weighted by molar-refractivity contribution is 0.251. The Morgan fingerprint density at radius 1 is 1.12 bits per heavy atom. The lowest BCUT2D eigenvalue weighted by Gasteiger charge is -2.11. The van der Waals surface area contributed by atoms with Crippen molar-refractivity contribution in [1.29, 1.82) is 0 Å². The van der Waals surface area contributed by atoms with Crippen LogP contribution in [-0.2, 0) is 6.54 Å². The number of hydrogen-bond donors (Lipinski definition) is 2. The lowest BCUT2D eigenvalue weighted by atomic mass is 10.2. The summed E-state index contributed by atoms with van der Waals surface area (Å²) >= 11 is 0. The third-order valence-electron chi connectivity index (χ3n) is 3.65. The Hall–Kier alpha value is -3.22. The van der Waals surface area contributed by atoms with Crippen LogP contribution in [0.4, 0.5) is 10.6 Å². The summed E-state index contributed by atoms with van der Waals surface area (Å²) in [4.78, 5) is 16.5. The van der Waals surface area contributed by atoms with Crippen molar-refractivity contribution in [2.75, 3.05) is 5.32 Å². The van der Waals surface area contributed by atoms with Gasteiger partial charge in [-0.3, -0.25) is 5.32 Å². The van der Waals surface area contributed by atoms with Gasteiger partial charge in [-0.05, 0) is 31.5 Å². The van der Waals surface area contributed by atoms with Gasteiger partial charge >= 0.3 is 6.03 Å². The van der Waals surface area contributed by atoms with E-state index in [1.165, 1.54) is 0 Å². The lowest BCUT2D eigenvalue weighted by Crippen LogP contribution is -2.28. The first-order valence-corrected chi connectivity index (χ1v) is 8.09. The average molecular weight is 336 g/mol. The van der Waals surface area contributed by atoms with Crippen molar-refractivity contribution < 1.29 is 4.79 Å².